The molecule has 42 heavy (non-hydrogen) atoms. The summed E-state index contributed by atoms with van der Waals surface area (Å²) >= 11 is 5.25. The zero-order valence-corrected chi connectivity index (χ0v) is 24.0. The first kappa shape index (κ1) is 29.1. The number of ether oxygens (including phenoxy) is 2. The summed E-state index contributed by atoms with van der Waals surface area (Å²) in [6.45, 7) is -4.37. The van der Waals surface area contributed by atoms with Crippen molar-refractivity contribution in [3.8, 4) is 0 Å². The number of hydrogen-bond acceptors (Lipinski definition) is 14. The largest absolute Gasteiger partial charge is 0.369 e. The summed E-state index contributed by atoms with van der Waals surface area (Å²) in [5.74, 6) is -0.0528. The minimum atomic E-state index is -4.54. The van der Waals surface area contributed by atoms with Gasteiger partial charge in [-0.1, -0.05) is 0 Å². The zero-order chi connectivity index (χ0) is 29.6. The summed E-state index contributed by atoms with van der Waals surface area (Å²) in [6, 6.07) is 0. The standard InChI is InChI=1S/C20H25N10O9PS2/c21-20-27-18-16(19(31)28-20)25-9-29(18)14-2-1-10(37-14)6-36-40(32,41)39-12-3-15(38-13(12)5-26-42(33,34)35)30-8-24-11-4-22-7-23-17(11)30/h4,7-10,12-15,26H,1-3,5-6H2,(H,32,41)(H,33,34,35)(H3,21,27,28,31)/t10-,12-,13+,14+,15+,40?/m0/s1. The Morgan fingerprint density at radius 3 is 2.79 bits per heavy atom. The van der Waals surface area contributed by atoms with Gasteiger partial charge in [0.15, 0.2) is 16.8 Å². The molecular formula is C20H25N10O9PS2. The number of imidazole rings is 2. The highest BCUT2D eigenvalue weighted by Crippen LogP contribution is 2.49. The van der Waals surface area contributed by atoms with E-state index in [0.29, 0.717) is 24.0 Å². The first-order valence-corrected chi connectivity index (χ1v) is 16.5. The van der Waals surface area contributed by atoms with E-state index in [1.54, 1.807) is 9.13 Å². The second-order valence-electron chi connectivity index (χ2n) is 9.55. The monoisotopic (exact) mass is 644 g/mol. The summed E-state index contributed by atoms with van der Waals surface area (Å²) in [5.41, 5.74) is 6.58. The van der Waals surface area contributed by atoms with E-state index in [0.717, 1.165) is 0 Å². The molecule has 6 N–H and O–H groups in total. The van der Waals surface area contributed by atoms with Crippen LogP contribution >= 0.6 is 6.72 Å². The third kappa shape index (κ3) is 6.20. The van der Waals surface area contributed by atoms with Gasteiger partial charge in [-0.05, 0) is 24.6 Å². The van der Waals surface area contributed by atoms with Gasteiger partial charge in [-0.2, -0.15) is 18.1 Å². The number of nitrogens with zero attached hydrogens (tertiary/aromatic N) is 7. The number of anilines is 1. The summed E-state index contributed by atoms with van der Waals surface area (Å²) in [5, 5.41) is 0. The van der Waals surface area contributed by atoms with Gasteiger partial charge < -0.3 is 29.1 Å². The summed E-state index contributed by atoms with van der Waals surface area (Å²) in [6.07, 6.45) is 3.40. The predicted molar refractivity (Wildman–Crippen MR) is 146 cm³/mol. The number of nitrogens with one attached hydrogen (secondary N) is 2. The maximum absolute atomic E-state index is 12.1. The van der Waals surface area contributed by atoms with Crippen molar-refractivity contribution in [1.29, 1.82) is 0 Å². The van der Waals surface area contributed by atoms with Gasteiger partial charge in [0.2, 0.25) is 5.95 Å². The SMILES string of the molecule is Nc1nc2c(ncn2[C@H]2CC[C@@H](COP(O)(=S)O[C@H]3C[C@H](n4cnc5cncnc54)O[C@@H]3CNS(=O)(=O)O)O2)c(=O)[nH]1. The Bertz CT molecular complexity index is 1830. The van der Waals surface area contributed by atoms with Crippen molar-refractivity contribution in [2.45, 2.75) is 50.0 Å². The lowest BCUT2D eigenvalue weighted by Crippen LogP contribution is -2.37. The molecule has 2 fully saturated rings. The Labute approximate surface area is 241 Å². The molecule has 0 radical (unpaired) electrons. The van der Waals surface area contributed by atoms with Crippen LogP contribution in [0.2, 0.25) is 0 Å². The van der Waals surface area contributed by atoms with Crippen molar-refractivity contribution in [1.82, 2.24) is 43.8 Å². The minimum Gasteiger partial charge on any atom is -0.369 e. The Balaban J connectivity index is 1.11. The van der Waals surface area contributed by atoms with E-state index < -0.39 is 53.3 Å². The summed E-state index contributed by atoms with van der Waals surface area (Å²) in [7, 11) is -4.54. The minimum absolute atomic E-state index is 0.0528. The molecule has 6 rings (SSSR count). The molecule has 0 aliphatic carbocycles. The fourth-order valence-electron chi connectivity index (χ4n) is 4.89. The molecule has 0 aromatic carbocycles. The average Bonchev–Trinajstić information content (AvgIpc) is 3.71. The van der Waals surface area contributed by atoms with Crippen molar-refractivity contribution < 1.29 is 36.4 Å². The molecule has 2 aliphatic heterocycles. The molecule has 6 atom stereocenters. The van der Waals surface area contributed by atoms with Crippen molar-refractivity contribution in [2.24, 2.45) is 0 Å². The zero-order valence-electron chi connectivity index (χ0n) is 21.5. The molecule has 0 spiro atoms. The fraction of sp³-hybridized carbons (Fsp3) is 0.500. The number of nitrogens with two attached hydrogens (primary N) is 1. The van der Waals surface area contributed by atoms with E-state index in [2.05, 4.69) is 29.9 Å². The van der Waals surface area contributed by atoms with Gasteiger partial charge in [0.05, 0.1) is 37.7 Å². The van der Waals surface area contributed by atoms with Crippen LogP contribution in [0.15, 0.2) is 30.0 Å². The molecule has 4 aromatic heterocycles. The van der Waals surface area contributed by atoms with Crippen LogP contribution in [0, 0.1) is 0 Å². The van der Waals surface area contributed by atoms with Gasteiger partial charge >= 0.3 is 17.0 Å². The molecule has 6 heterocycles. The van der Waals surface area contributed by atoms with Crippen molar-refractivity contribution in [2.75, 3.05) is 18.9 Å². The highest BCUT2D eigenvalue weighted by Gasteiger charge is 2.41. The van der Waals surface area contributed by atoms with Gasteiger partial charge in [0.25, 0.3) is 5.56 Å². The Morgan fingerprint density at radius 1 is 1.19 bits per heavy atom. The summed E-state index contributed by atoms with van der Waals surface area (Å²) < 4.78 is 60.3. The molecule has 0 amide bonds. The van der Waals surface area contributed by atoms with Crippen molar-refractivity contribution in [3.63, 3.8) is 0 Å². The molecule has 4 aromatic rings. The quantitative estimate of drug-likeness (QED) is 0.108. The topological polar surface area (TPSA) is 257 Å². The maximum Gasteiger partial charge on any atom is 0.333 e. The number of nitrogen functional groups attached to an aromatic ring is 1. The molecule has 226 valence electrons. The smallest absolute Gasteiger partial charge is 0.333 e. The van der Waals surface area contributed by atoms with Gasteiger partial charge in [-0.15, -0.1) is 0 Å². The van der Waals surface area contributed by atoms with Gasteiger partial charge in [0, 0.05) is 13.0 Å². The van der Waals surface area contributed by atoms with E-state index >= 15 is 0 Å². The maximum atomic E-state index is 12.1. The number of aromatic amines is 1. The Hall–Kier alpha value is -2.98. The van der Waals surface area contributed by atoms with Crippen LogP contribution in [-0.2, 0) is 40.6 Å². The van der Waals surface area contributed by atoms with Crippen LogP contribution in [0.25, 0.3) is 22.3 Å². The number of H-pyrrole nitrogens is 1. The van der Waals surface area contributed by atoms with E-state index in [1.807, 2.05) is 4.72 Å². The highest BCUT2D eigenvalue weighted by molar-refractivity contribution is 8.07. The number of rotatable bonds is 10. The molecule has 22 heteroatoms. The normalized spacial score (nSPS) is 26.3. The number of fused-ring (bicyclic) bond motifs is 2. The van der Waals surface area contributed by atoms with Crippen LogP contribution in [-0.4, -0.2) is 88.4 Å². The van der Waals surface area contributed by atoms with E-state index in [1.165, 1.54) is 25.2 Å². The molecule has 2 aliphatic rings. The highest BCUT2D eigenvalue weighted by atomic mass is 32.5. The van der Waals surface area contributed by atoms with E-state index in [-0.39, 0.29) is 36.7 Å². The summed E-state index contributed by atoms with van der Waals surface area (Å²) in [4.78, 5) is 45.9. The van der Waals surface area contributed by atoms with Crippen molar-refractivity contribution >= 4 is 57.1 Å². The lowest BCUT2D eigenvalue weighted by atomic mass is 10.2. The molecule has 1 unspecified atom stereocenters. The Morgan fingerprint density at radius 2 is 1.98 bits per heavy atom. The van der Waals surface area contributed by atoms with Crippen LogP contribution < -0.4 is 16.0 Å². The molecule has 0 bridgehead atoms. The third-order valence-corrected chi connectivity index (χ3v) is 8.85. The molecule has 19 nitrogen and oxygen atoms in total. The van der Waals surface area contributed by atoms with Crippen LogP contribution in [0.3, 0.4) is 0 Å². The van der Waals surface area contributed by atoms with Gasteiger partial charge in [-0.25, -0.2) is 19.9 Å². The lowest BCUT2D eigenvalue weighted by Gasteiger charge is -2.24. The van der Waals surface area contributed by atoms with E-state index in [4.69, 9.17) is 40.6 Å². The number of hydrogen-bond donors (Lipinski definition) is 5. The molecule has 2 saturated heterocycles. The van der Waals surface area contributed by atoms with Crippen LogP contribution in [0.4, 0.5) is 5.95 Å². The van der Waals surface area contributed by atoms with Crippen LogP contribution in [0.5, 0.6) is 0 Å². The fourth-order valence-corrected chi connectivity index (χ4v) is 6.76. The van der Waals surface area contributed by atoms with Gasteiger partial charge in [-0.3, -0.25) is 23.5 Å². The first-order chi connectivity index (χ1) is 20.0. The molecular weight excluding hydrogens is 619 g/mol. The Kier molecular flexibility index (Phi) is 7.81. The predicted octanol–water partition coefficient (Wildman–Crippen LogP) is -0.482. The third-order valence-electron chi connectivity index (χ3n) is 6.73. The molecule has 0 saturated carbocycles. The second kappa shape index (κ2) is 11.3. The number of aromatic nitrogens is 8. The van der Waals surface area contributed by atoms with Crippen LogP contribution in [0.1, 0.15) is 31.7 Å². The van der Waals surface area contributed by atoms with Crippen molar-refractivity contribution in [3.05, 3.63) is 35.5 Å². The van der Waals surface area contributed by atoms with E-state index in [9.17, 15) is 18.1 Å². The second-order valence-corrected chi connectivity index (χ2v) is 13.6. The average molecular weight is 645 g/mol. The van der Waals surface area contributed by atoms with Gasteiger partial charge in [0.1, 0.15) is 30.4 Å². The lowest BCUT2D eigenvalue weighted by molar-refractivity contribution is -0.0260. The first-order valence-electron chi connectivity index (χ1n) is 12.5.